The summed E-state index contributed by atoms with van der Waals surface area (Å²) < 4.78 is 0. The van der Waals surface area contributed by atoms with Gasteiger partial charge in [0.05, 0.1) is 18.4 Å². The van der Waals surface area contributed by atoms with Crippen molar-refractivity contribution in [1.82, 2.24) is 25.6 Å². The Morgan fingerprint density at radius 3 is 2.85 bits per heavy atom. The number of thiazole rings is 1. The second-order valence-electron chi connectivity index (χ2n) is 3.97. The molecule has 1 atom stereocenters. The molecule has 2 heterocycles. The number of nitrogens with zero attached hydrogens (tertiary/aromatic N) is 2. The second kappa shape index (κ2) is 6.66. The minimum atomic E-state index is -1.10. The van der Waals surface area contributed by atoms with Crippen molar-refractivity contribution >= 4 is 23.3 Å². The van der Waals surface area contributed by atoms with E-state index in [1.165, 1.54) is 23.9 Å². The number of imidazole rings is 1. The zero-order chi connectivity index (χ0) is 14.4. The zero-order valence-electron chi connectivity index (χ0n) is 10.4. The van der Waals surface area contributed by atoms with E-state index >= 15 is 0 Å². The normalized spacial score (nSPS) is 11.8. The van der Waals surface area contributed by atoms with Gasteiger partial charge < -0.3 is 20.7 Å². The van der Waals surface area contributed by atoms with Gasteiger partial charge in [0, 0.05) is 29.4 Å². The minimum Gasteiger partial charge on any atom is -0.480 e. The first-order valence-electron chi connectivity index (χ1n) is 5.77. The van der Waals surface area contributed by atoms with Crippen LogP contribution in [0.4, 0.5) is 4.79 Å². The molecule has 0 saturated heterocycles. The maximum absolute atomic E-state index is 11.7. The molecule has 9 heteroatoms. The molecule has 4 N–H and O–H groups in total. The zero-order valence-corrected chi connectivity index (χ0v) is 11.2. The van der Waals surface area contributed by atoms with Crippen molar-refractivity contribution in [2.24, 2.45) is 0 Å². The van der Waals surface area contributed by atoms with Crippen LogP contribution in [0.1, 0.15) is 10.6 Å². The van der Waals surface area contributed by atoms with Crippen LogP contribution in [0.15, 0.2) is 24.2 Å². The lowest BCUT2D eigenvalue weighted by molar-refractivity contribution is -0.139. The second-order valence-corrected chi connectivity index (χ2v) is 4.94. The Bertz CT molecular complexity index is 555. The fraction of sp³-hybridized carbons (Fsp3) is 0.273. The highest BCUT2D eigenvalue weighted by Crippen LogP contribution is 2.04. The van der Waals surface area contributed by atoms with Gasteiger partial charge in [-0.1, -0.05) is 0 Å². The molecule has 0 aromatic carbocycles. The number of hydrogen-bond donors (Lipinski definition) is 4. The summed E-state index contributed by atoms with van der Waals surface area (Å²) in [5.41, 5.74) is 2.30. The largest absolute Gasteiger partial charge is 0.480 e. The Labute approximate surface area is 118 Å². The number of amides is 2. The maximum atomic E-state index is 11.7. The van der Waals surface area contributed by atoms with E-state index < -0.39 is 18.0 Å². The molecule has 2 amide bonds. The summed E-state index contributed by atoms with van der Waals surface area (Å²) in [5, 5.41) is 14.1. The fourth-order valence-corrected chi connectivity index (χ4v) is 2.06. The Morgan fingerprint density at radius 1 is 1.40 bits per heavy atom. The minimum absolute atomic E-state index is 0.142. The molecule has 0 bridgehead atoms. The molecule has 0 aliphatic rings. The van der Waals surface area contributed by atoms with Crippen LogP contribution in [0, 0.1) is 0 Å². The van der Waals surface area contributed by atoms with Gasteiger partial charge in [0.15, 0.2) is 0 Å². The fourth-order valence-electron chi connectivity index (χ4n) is 1.52. The molecule has 0 aliphatic heterocycles. The number of carbonyl (C=O) groups is 2. The molecule has 0 spiro atoms. The lowest BCUT2D eigenvalue weighted by atomic mass is 10.2. The van der Waals surface area contributed by atoms with Crippen LogP contribution in [0.5, 0.6) is 0 Å². The molecular formula is C11H13N5O3S. The Balaban J connectivity index is 1.84. The monoisotopic (exact) mass is 295 g/mol. The molecule has 2 aromatic heterocycles. The van der Waals surface area contributed by atoms with E-state index in [0.29, 0.717) is 12.2 Å². The molecule has 0 radical (unpaired) electrons. The van der Waals surface area contributed by atoms with Crippen molar-refractivity contribution in [3.05, 3.63) is 34.8 Å². The third-order valence-electron chi connectivity index (χ3n) is 2.49. The van der Waals surface area contributed by atoms with Gasteiger partial charge >= 0.3 is 12.0 Å². The topological polar surface area (TPSA) is 120 Å². The van der Waals surface area contributed by atoms with Gasteiger partial charge in [0.2, 0.25) is 0 Å². The maximum Gasteiger partial charge on any atom is 0.326 e. The van der Waals surface area contributed by atoms with E-state index in [9.17, 15) is 9.59 Å². The Hall–Kier alpha value is -2.42. The van der Waals surface area contributed by atoms with Crippen molar-refractivity contribution in [2.45, 2.75) is 19.0 Å². The van der Waals surface area contributed by atoms with E-state index in [0.717, 1.165) is 4.88 Å². The SMILES string of the molecule is O=C(NCc1cncs1)N[C@@H](Cc1cnc[nH]1)C(=O)O. The van der Waals surface area contributed by atoms with E-state index in [1.54, 1.807) is 11.7 Å². The summed E-state index contributed by atoms with van der Waals surface area (Å²) >= 11 is 1.41. The molecule has 20 heavy (non-hydrogen) atoms. The van der Waals surface area contributed by atoms with Crippen molar-refractivity contribution in [2.75, 3.05) is 0 Å². The predicted molar refractivity (Wildman–Crippen MR) is 71.2 cm³/mol. The van der Waals surface area contributed by atoms with Crippen molar-refractivity contribution < 1.29 is 14.7 Å². The van der Waals surface area contributed by atoms with Crippen LogP contribution in [0.25, 0.3) is 0 Å². The Kier molecular flexibility index (Phi) is 4.66. The summed E-state index contributed by atoms with van der Waals surface area (Å²) in [6.45, 7) is 0.312. The number of H-pyrrole nitrogens is 1. The first-order chi connectivity index (χ1) is 9.65. The number of carbonyl (C=O) groups excluding carboxylic acids is 1. The lowest BCUT2D eigenvalue weighted by Gasteiger charge is -2.14. The first-order valence-corrected chi connectivity index (χ1v) is 6.65. The number of rotatable bonds is 6. The number of hydrogen-bond acceptors (Lipinski definition) is 5. The summed E-state index contributed by atoms with van der Waals surface area (Å²) in [7, 11) is 0. The highest BCUT2D eigenvalue weighted by atomic mass is 32.1. The molecule has 0 fully saturated rings. The third-order valence-corrected chi connectivity index (χ3v) is 3.27. The van der Waals surface area contributed by atoms with E-state index in [2.05, 4.69) is 25.6 Å². The summed E-state index contributed by atoms with van der Waals surface area (Å²) in [6, 6.07) is -1.55. The number of aromatic nitrogens is 3. The van der Waals surface area contributed by atoms with Crippen molar-refractivity contribution in [1.29, 1.82) is 0 Å². The highest BCUT2D eigenvalue weighted by molar-refractivity contribution is 7.09. The van der Waals surface area contributed by atoms with Crippen LogP contribution < -0.4 is 10.6 Å². The average molecular weight is 295 g/mol. The quantitative estimate of drug-likeness (QED) is 0.613. The van der Waals surface area contributed by atoms with Gasteiger partial charge in [-0.25, -0.2) is 14.6 Å². The number of carboxylic acids is 1. The number of urea groups is 1. The van der Waals surface area contributed by atoms with Gasteiger partial charge in [-0.05, 0) is 0 Å². The van der Waals surface area contributed by atoms with Gasteiger partial charge in [0.25, 0.3) is 0 Å². The molecule has 0 saturated carbocycles. The number of aromatic amines is 1. The van der Waals surface area contributed by atoms with Crippen molar-refractivity contribution in [3.63, 3.8) is 0 Å². The Morgan fingerprint density at radius 2 is 2.25 bits per heavy atom. The molecule has 106 valence electrons. The summed E-state index contributed by atoms with van der Waals surface area (Å²) in [5.74, 6) is -1.10. The smallest absolute Gasteiger partial charge is 0.326 e. The van der Waals surface area contributed by atoms with Crippen molar-refractivity contribution in [3.8, 4) is 0 Å². The van der Waals surface area contributed by atoms with Gasteiger partial charge in [-0.3, -0.25) is 4.98 Å². The van der Waals surface area contributed by atoms with E-state index in [1.807, 2.05) is 0 Å². The van der Waals surface area contributed by atoms with Crippen LogP contribution in [0.2, 0.25) is 0 Å². The van der Waals surface area contributed by atoms with Crippen LogP contribution in [-0.2, 0) is 17.8 Å². The first kappa shape index (κ1) is 14.0. The highest BCUT2D eigenvalue weighted by Gasteiger charge is 2.20. The van der Waals surface area contributed by atoms with Crippen LogP contribution >= 0.6 is 11.3 Å². The molecular weight excluding hydrogens is 282 g/mol. The van der Waals surface area contributed by atoms with Gasteiger partial charge in [-0.15, -0.1) is 11.3 Å². The van der Waals surface area contributed by atoms with Gasteiger partial charge in [-0.2, -0.15) is 0 Å². The van der Waals surface area contributed by atoms with Crippen LogP contribution in [-0.4, -0.2) is 38.1 Å². The van der Waals surface area contributed by atoms with Gasteiger partial charge in [0.1, 0.15) is 6.04 Å². The lowest BCUT2D eigenvalue weighted by Crippen LogP contribution is -2.46. The predicted octanol–water partition coefficient (Wildman–Crippen LogP) is 0.361. The molecule has 0 unspecified atom stereocenters. The van der Waals surface area contributed by atoms with E-state index in [4.69, 9.17) is 5.11 Å². The number of carboxylic acid groups (broad SMARTS) is 1. The molecule has 2 rings (SSSR count). The summed E-state index contributed by atoms with van der Waals surface area (Å²) in [6.07, 6.45) is 4.76. The van der Waals surface area contributed by atoms with Crippen LogP contribution in [0.3, 0.4) is 0 Å². The van der Waals surface area contributed by atoms with E-state index in [-0.39, 0.29) is 6.42 Å². The molecule has 8 nitrogen and oxygen atoms in total. The average Bonchev–Trinajstić information content (AvgIpc) is 3.08. The standard InChI is InChI=1S/C11H13N5O3S/c17-10(18)9(1-7-2-12-5-15-7)16-11(19)14-4-8-3-13-6-20-8/h2-3,5-6,9H,1,4H2,(H,12,15)(H,17,18)(H2,14,16,19)/t9-/m0/s1. The number of aliphatic carboxylic acids is 1. The third kappa shape index (κ3) is 4.05. The number of nitrogens with one attached hydrogen (secondary N) is 3. The summed E-state index contributed by atoms with van der Waals surface area (Å²) in [4.78, 5) is 34.1. The molecule has 2 aromatic rings. The molecule has 0 aliphatic carbocycles.